The molecule has 2 aromatic rings. The lowest BCUT2D eigenvalue weighted by molar-refractivity contribution is 0.0689. The van der Waals surface area contributed by atoms with Gasteiger partial charge in [-0.3, -0.25) is 0 Å². The summed E-state index contributed by atoms with van der Waals surface area (Å²) in [5, 5.41) is 17.7. The quantitative estimate of drug-likeness (QED) is 0.902. The molecule has 0 saturated carbocycles. The van der Waals surface area contributed by atoms with Crippen LogP contribution in [0.4, 0.5) is 5.82 Å². The number of hydrogen-bond acceptors (Lipinski definition) is 5. The number of ether oxygens (including phenoxy) is 1. The third kappa shape index (κ3) is 2.91. The molecular formula is C13H13BrN4O3. The number of carboxylic acids is 1. The van der Waals surface area contributed by atoms with Crippen LogP contribution < -0.4 is 4.90 Å². The molecule has 8 heteroatoms. The highest BCUT2D eigenvalue weighted by atomic mass is 79.9. The summed E-state index contributed by atoms with van der Waals surface area (Å²) in [6.07, 6.45) is 0. The Morgan fingerprint density at radius 1 is 1.19 bits per heavy atom. The van der Waals surface area contributed by atoms with Gasteiger partial charge >= 0.3 is 5.97 Å². The summed E-state index contributed by atoms with van der Waals surface area (Å²) in [5.74, 6) is -0.700. The second-order valence-electron chi connectivity index (χ2n) is 4.54. The lowest BCUT2D eigenvalue weighted by atomic mass is 10.3. The molecule has 1 N–H and O–H groups in total. The largest absolute Gasteiger partial charge is 0.476 e. The Bertz CT molecular complexity index is 650. The lowest BCUT2D eigenvalue weighted by Crippen LogP contribution is -2.37. The van der Waals surface area contributed by atoms with Crippen molar-refractivity contribution in [3.8, 4) is 5.69 Å². The molecule has 1 aliphatic heterocycles. The second kappa shape index (κ2) is 5.82. The van der Waals surface area contributed by atoms with Crippen molar-refractivity contribution < 1.29 is 14.6 Å². The first-order chi connectivity index (χ1) is 10.1. The Morgan fingerprint density at radius 3 is 2.48 bits per heavy atom. The summed E-state index contributed by atoms with van der Waals surface area (Å²) < 4.78 is 6.21. The lowest BCUT2D eigenvalue weighted by Gasteiger charge is -2.26. The molecule has 3 rings (SSSR count). The number of halogens is 1. The molecule has 0 radical (unpaired) electrons. The highest BCUT2D eigenvalue weighted by molar-refractivity contribution is 9.10. The van der Waals surface area contributed by atoms with Crippen LogP contribution in [0.15, 0.2) is 28.7 Å². The number of nitrogens with zero attached hydrogens (tertiary/aromatic N) is 4. The first-order valence-corrected chi connectivity index (χ1v) is 7.24. The van der Waals surface area contributed by atoms with E-state index in [1.807, 2.05) is 29.2 Å². The van der Waals surface area contributed by atoms with E-state index in [1.54, 1.807) is 0 Å². The van der Waals surface area contributed by atoms with Gasteiger partial charge in [0.2, 0.25) is 5.69 Å². The zero-order chi connectivity index (χ0) is 14.8. The second-order valence-corrected chi connectivity index (χ2v) is 5.46. The smallest absolute Gasteiger partial charge is 0.360 e. The maximum atomic E-state index is 11.4. The van der Waals surface area contributed by atoms with Crippen LogP contribution >= 0.6 is 15.9 Å². The number of carbonyl (C=O) groups is 1. The third-order valence-electron chi connectivity index (χ3n) is 3.17. The van der Waals surface area contributed by atoms with Crippen LogP contribution in [0.5, 0.6) is 0 Å². The molecule has 0 atom stereocenters. The van der Waals surface area contributed by atoms with Gasteiger partial charge in [0.15, 0.2) is 5.82 Å². The van der Waals surface area contributed by atoms with Crippen LogP contribution in [0.2, 0.25) is 0 Å². The minimum Gasteiger partial charge on any atom is -0.476 e. The van der Waals surface area contributed by atoms with Crippen molar-refractivity contribution in [2.24, 2.45) is 0 Å². The number of anilines is 1. The maximum absolute atomic E-state index is 11.4. The normalized spacial score (nSPS) is 15.2. The number of carboxylic acid groups (broad SMARTS) is 1. The van der Waals surface area contributed by atoms with E-state index in [1.165, 1.54) is 4.80 Å². The maximum Gasteiger partial charge on any atom is 0.360 e. The average Bonchev–Trinajstić information content (AvgIpc) is 2.94. The molecule has 1 aromatic carbocycles. The van der Waals surface area contributed by atoms with Gasteiger partial charge in [0.1, 0.15) is 0 Å². The van der Waals surface area contributed by atoms with E-state index in [0.717, 1.165) is 4.47 Å². The number of morpholine rings is 1. The van der Waals surface area contributed by atoms with Gasteiger partial charge in [0.25, 0.3) is 0 Å². The predicted molar refractivity (Wildman–Crippen MR) is 79.1 cm³/mol. The van der Waals surface area contributed by atoms with Gasteiger partial charge in [0.05, 0.1) is 18.9 Å². The third-order valence-corrected chi connectivity index (χ3v) is 3.70. The Hall–Kier alpha value is -1.93. The van der Waals surface area contributed by atoms with Crippen LogP contribution in [-0.2, 0) is 4.74 Å². The van der Waals surface area contributed by atoms with Crippen LogP contribution in [0.1, 0.15) is 10.5 Å². The topological polar surface area (TPSA) is 80.5 Å². The molecule has 0 amide bonds. The summed E-state index contributed by atoms with van der Waals surface area (Å²) in [7, 11) is 0. The van der Waals surface area contributed by atoms with Crippen molar-refractivity contribution in [2.45, 2.75) is 0 Å². The molecule has 0 unspecified atom stereocenters. The van der Waals surface area contributed by atoms with Crippen LogP contribution in [-0.4, -0.2) is 52.4 Å². The highest BCUT2D eigenvalue weighted by Gasteiger charge is 2.24. The minimum atomic E-state index is -1.08. The monoisotopic (exact) mass is 352 g/mol. The molecule has 1 saturated heterocycles. The number of aromatic carboxylic acids is 1. The van der Waals surface area contributed by atoms with Crippen LogP contribution in [0, 0.1) is 0 Å². The highest BCUT2D eigenvalue weighted by Crippen LogP contribution is 2.20. The molecule has 110 valence electrons. The molecule has 1 fully saturated rings. The fraction of sp³-hybridized carbons (Fsp3) is 0.308. The van der Waals surface area contributed by atoms with E-state index >= 15 is 0 Å². The first kappa shape index (κ1) is 14.0. The van der Waals surface area contributed by atoms with E-state index < -0.39 is 5.97 Å². The minimum absolute atomic E-state index is 0.0418. The Balaban J connectivity index is 1.99. The van der Waals surface area contributed by atoms with Gasteiger partial charge < -0.3 is 14.7 Å². The predicted octanol–water partition coefficient (Wildman–Crippen LogP) is 1.56. The van der Waals surface area contributed by atoms with E-state index in [-0.39, 0.29) is 5.69 Å². The van der Waals surface area contributed by atoms with Crippen molar-refractivity contribution in [2.75, 3.05) is 31.2 Å². The van der Waals surface area contributed by atoms with E-state index in [9.17, 15) is 9.90 Å². The molecular weight excluding hydrogens is 340 g/mol. The molecule has 1 aromatic heterocycles. The van der Waals surface area contributed by atoms with Crippen LogP contribution in [0.3, 0.4) is 0 Å². The van der Waals surface area contributed by atoms with Gasteiger partial charge in [-0.25, -0.2) is 4.79 Å². The van der Waals surface area contributed by atoms with Gasteiger partial charge in [-0.1, -0.05) is 15.9 Å². The molecule has 0 aliphatic carbocycles. The van der Waals surface area contributed by atoms with Crippen LogP contribution in [0.25, 0.3) is 5.69 Å². The van der Waals surface area contributed by atoms with Gasteiger partial charge in [-0.05, 0) is 24.3 Å². The standard InChI is InChI=1S/C13H13BrN4O3/c14-9-1-3-10(4-2-9)18-15-11(13(19)20)12(16-18)17-5-7-21-8-6-17/h1-4H,5-8H2,(H,19,20). The number of aromatic nitrogens is 3. The molecule has 0 spiro atoms. The molecule has 21 heavy (non-hydrogen) atoms. The van der Waals surface area contributed by atoms with Gasteiger partial charge in [-0.15, -0.1) is 15.0 Å². The summed E-state index contributed by atoms with van der Waals surface area (Å²) in [6, 6.07) is 7.35. The van der Waals surface area contributed by atoms with E-state index in [4.69, 9.17) is 4.74 Å². The number of rotatable bonds is 3. The van der Waals surface area contributed by atoms with Gasteiger partial charge in [-0.2, -0.15) is 0 Å². The van der Waals surface area contributed by atoms with Crippen molar-refractivity contribution in [1.29, 1.82) is 0 Å². The van der Waals surface area contributed by atoms with Crippen molar-refractivity contribution >= 4 is 27.7 Å². The first-order valence-electron chi connectivity index (χ1n) is 6.44. The fourth-order valence-electron chi connectivity index (χ4n) is 2.12. The SMILES string of the molecule is O=C(O)c1nn(-c2ccc(Br)cc2)nc1N1CCOCC1. The summed E-state index contributed by atoms with van der Waals surface area (Å²) >= 11 is 3.36. The number of benzene rings is 1. The average molecular weight is 353 g/mol. The molecule has 0 bridgehead atoms. The van der Waals surface area contributed by atoms with Crippen molar-refractivity contribution in [1.82, 2.24) is 15.0 Å². The molecule has 7 nitrogen and oxygen atoms in total. The Morgan fingerprint density at radius 2 is 1.86 bits per heavy atom. The number of hydrogen-bond donors (Lipinski definition) is 1. The Kier molecular flexibility index (Phi) is 3.89. The molecule has 1 aliphatic rings. The van der Waals surface area contributed by atoms with Gasteiger partial charge in [0, 0.05) is 17.6 Å². The van der Waals surface area contributed by atoms with E-state index in [0.29, 0.717) is 37.8 Å². The summed E-state index contributed by atoms with van der Waals surface area (Å²) in [6.45, 7) is 2.34. The zero-order valence-electron chi connectivity index (χ0n) is 11.1. The van der Waals surface area contributed by atoms with Crippen molar-refractivity contribution in [3.63, 3.8) is 0 Å². The molecule has 2 heterocycles. The fourth-order valence-corrected chi connectivity index (χ4v) is 2.38. The van der Waals surface area contributed by atoms with E-state index in [2.05, 4.69) is 26.1 Å². The zero-order valence-corrected chi connectivity index (χ0v) is 12.7. The Labute approximate surface area is 129 Å². The van der Waals surface area contributed by atoms with Crippen molar-refractivity contribution in [3.05, 3.63) is 34.4 Å². The summed E-state index contributed by atoms with van der Waals surface area (Å²) in [5.41, 5.74) is 0.667. The summed E-state index contributed by atoms with van der Waals surface area (Å²) in [4.78, 5) is 14.6.